The van der Waals surface area contributed by atoms with E-state index in [1.54, 1.807) is 18.3 Å². The lowest BCUT2D eigenvalue weighted by Crippen LogP contribution is -2.21. The molecule has 1 fully saturated rings. The van der Waals surface area contributed by atoms with Gasteiger partial charge in [-0.3, -0.25) is 14.6 Å². The van der Waals surface area contributed by atoms with Crippen molar-refractivity contribution >= 4 is 39.9 Å². The molecule has 4 heterocycles. The third-order valence-electron chi connectivity index (χ3n) is 4.57. The van der Waals surface area contributed by atoms with E-state index in [2.05, 4.69) is 40.9 Å². The Morgan fingerprint density at radius 2 is 2.03 bits per heavy atom. The molecule has 1 saturated heterocycles. The summed E-state index contributed by atoms with van der Waals surface area (Å²) in [6.45, 7) is 3.01. The Kier molecular flexibility index (Phi) is 5.89. The van der Waals surface area contributed by atoms with Crippen LogP contribution in [0.1, 0.15) is 30.0 Å². The second-order valence-electron chi connectivity index (χ2n) is 6.88. The number of hydrogen-bond donors (Lipinski definition) is 2. The molecule has 1 aliphatic heterocycles. The Bertz CT molecular complexity index is 1020. The maximum Gasteiger partial charge on any atom is 0.231 e. The molecule has 1 aliphatic rings. The molecule has 3 aromatic rings. The van der Waals surface area contributed by atoms with E-state index in [-0.39, 0.29) is 24.2 Å². The predicted molar refractivity (Wildman–Crippen MR) is 112 cm³/mol. The van der Waals surface area contributed by atoms with Crippen molar-refractivity contribution in [2.45, 2.75) is 25.7 Å². The number of nitrogens with zero attached hydrogens (tertiary/aromatic N) is 6. The number of carbonyl (C=O) groups excluding carboxylic acids is 2. The van der Waals surface area contributed by atoms with Crippen LogP contribution in [0, 0.1) is 0 Å². The molecule has 1 unspecified atom stereocenters. The van der Waals surface area contributed by atoms with Gasteiger partial charge in [-0.1, -0.05) is 17.4 Å². The van der Waals surface area contributed by atoms with Crippen molar-refractivity contribution in [2.75, 3.05) is 28.6 Å². The molecule has 0 radical (unpaired) electrons. The average Bonchev–Trinajstić information content (AvgIpc) is 3.38. The first-order valence-electron chi connectivity index (χ1n) is 9.46. The van der Waals surface area contributed by atoms with E-state index in [4.69, 9.17) is 0 Å². The van der Waals surface area contributed by atoms with Crippen LogP contribution in [-0.2, 0) is 16.0 Å². The molecule has 11 heteroatoms. The third-order valence-corrected chi connectivity index (χ3v) is 5.57. The standard InChI is InChI=1S/C19H20N8O2S/c1-12(28)21-19-26-25-18(30-19)13-7-9-27(11-13)16-6-5-15(23-24-16)22-17(29)10-14-4-2-3-8-20-14/h2-6,8,13H,7,9-11H2,1H3,(H,21,26,28)(H,22,23,29). The van der Waals surface area contributed by atoms with E-state index >= 15 is 0 Å². The maximum absolute atomic E-state index is 12.1. The van der Waals surface area contributed by atoms with Gasteiger partial charge in [-0.05, 0) is 30.7 Å². The lowest BCUT2D eigenvalue weighted by atomic mass is 10.1. The first kappa shape index (κ1) is 19.8. The lowest BCUT2D eigenvalue weighted by molar-refractivity contribution is -0.116. The van der Waals surface area contributed by atoms with Gasteiger partial charge in [-0.2, -0.15) is 0 Å². The van der Waals surface area contributed by atoms with Gasteiger partial charge in [0.25, 0.3) is 0 Å². The van der Waals surface area contributed by atoms with Crippen LogP contribution >= 0.6 is 11.3 Å². The molecule has 154 valence electrons. The third kappa shape index (κ3) is 4.92. The summed E-state index contributed by atoms with van der Waals surface area (Å²) < 4.78 is 0. The topological polar surface area (TPSA) is 126 Å². The molecular weight excluding hydrogens is 404 g/mol. The Balaban J connectivity index is 1.32. The molecule has 0 spiro atoms. The van der Waals surface area contributed by atoms with Gasteiger partial charge in [0.1, 0.15) is 5.01 Å². The molecule has 3 aromatic heterocycles. The van der Waals surface area contributed by atoms with Crippen molar-refractivity contribution in [2.24, 2.45) is 0 Å². The van der Waals surface area contributed by atoms with Gasteiger partial charge in [-0.25, -0.2) is 0 Å². The van der Waals surface area contributed by atoms with Gasteiger partial charge in [0.15, 0.2) is 11.6 Å². The van der Waals surface area contributed by atoms with Crippen LogP contribution < -0.4 is 15.5 Å². The summed E-state index contributed by atoms with van der Waals surface area (Å²) >= 11 is 1.40. The number of anilines is 3. The quantitative estimate of drug-likeness (QED) is 0.614. The van der Waals surface area contributed by atoms with E-state index in [0.717, 1.165) is 30.3 Å². The highest BCUT2D eigenvalue weighted by molar-refractivity contribution is 7.15. The second-order valence-corrected chi connectivity index (χ2v) is 7.89. The minimum atomic E-state index is -0.191. The second kappa shape index (κ2) is 8.91. The Hall–Kier alpha value is -3.47. The highest BCUT2D eigenvalue weighted by atomic mass is 32.1. The molecular formula is C19H20N8O2S. The number of rotatable bonds is 6. The predicted octanol–water partition coefficient (Wildman–Crippen LogP) is 1.86. The van der Waals surface area contributed by atoms with Gasteiger partial charge >= 0.3 is 0 Å². The smallest absolute Gasteiger partial charge is 0.231 e. The first-order chi connectivity index (χ1) is 14.6. The summed E-state index contributed by atoms with van der Waals surface area (Å²) in [5, 5.41) is 23.4. The van der Waals surface area contributed by atoms with Crippen molar-refractivity contribution < 1.29 is 9.59 Å². The van der Waals surface area contributed by atoms with Crippen LogP contribution in [0.3, 0.4) is 0 Å². The minimum absolute atomic E-state index is 0.159. The average molecular weight is 424 g/mol. The lowest BCUT2D eigenvalue weighted by Gasteiger charge is -2.16. The molecule has 2 N–H and O–H groups in total. The fraction of sp³-hybridized carbons (Fsp3) is 0.316. The summed E-state index contributed by atoms with van der Waals surface area (Å²) in [6.07, 6.45) is 2.75. The van der Waals surface area contributed by atoms with Crippen molar-refractivity contribution in [3.8, 4) is 0 Å². The number of amides is 2. The monoisotopic (exact) mass is 424 g/mol. The fourth-order valence-corrected chi connectivity index (χ4v) is 4.10. The Labute approximate surface area is 176 Å². The minimum Gasteiger partial charge on any atom is -0.354 e. The van der Waals surface area contributed by atoms with E-state index in [0.29, 0.717) is 16.6 Å². The number of aromatic nitrogens is 5. The number of hydrogen-bond acceptors (Lipinski definition) is 9. The van der Waals surface area contributed by atoms with Gasteiger partial charge in [0.05, 0.1) is 6.42 Å². The van der Waals surface area contributed by atoms with Gasteiger partial charge in [0.2, 0.25) is 16.9 Å². The SMILES string of the molecule is CC(=O)Nc1nnc(C2CCN(c3ccc(NC(=O)Cc4ccccn4)nn3)C2)s1. The molecule has 2 amide bonds. The summed E-state index contributed by atoms with van der Waals surface area (Å²) in [5.41, 5.74) is 0.695. The fourth-order valence-electron chi connectivity index (χ4n) is 3.19. The van der Waals surface area contributed by atoms with Crippen LogP contribution in [0.5, 0.6) is 0 Å². The molecule has 4 rings (SSSR count). The van der Waals surface area contributed by atoms with Crippen LogP contribution in [0.25, 0.3) is 0 Å². The van der Waals surface area contributed by atoms with Gasteiger partial charge in [0, 0.05) is 37.8 Å². The number of pyridine rings is 1. The summed E-state index contributed by atoms with van der Waals surface area (Å²) in [7, 11) is 0. The zero-order chi connectivity index (χ0) is 20.9. The van der Waals surface area contributed by atoms with E-state index < -0.39 is 0 Å². The summed E-state index contributed by atoms with van der Waals surface area (Å²) in [4.78, 5) is 29.5. The van der Waals surface area contributed by atoms with E-state index in [9.17, 15) is 9.59 Å². The van der Waals surface area contributed by atoms with E-state index in [1.807, 2.05) is 18.2 Å². The molecule has 30 heavy (non-hydrogen) atoms. The summed E-state index contributed by atoms with van der Waals surface area (Å²) in [5.74, 6) is 1.02. The molecule has 0 aromatic carbocycles. The van der Waals surface area contributed by atoms with Crippen molar-refractivity contribution in [1.29, 1.82) is 0 Å². The van der Waals surface area contributed by atoms with Crippen molar-refractivity contribution in [3.63, 3.8) is 0 Å². The maximum atomic E-state index is 12.1. The van der Waals surface area contributed by atoms with E-state index in [1.165, 1.54) is 18.3 Å². The number of nitrogens with one attached hydrogen (secondary N) is 2. The molecule has 0 saturated carbocycles. The van der Waals surface area contributed by atoms with Crippen LogP contribution in [0.2, 0.25) is 0 Å². The highest BCUT2D eigenvalue weighted by Crippen LogP contribution is 2.32. The van der Waals surface area contributed by atoms with Crippen LogP contribution in [0.15, 0.2) is 36.5 Å². The Morgan fingerprint density at radius 1 is 1.13 bits per heavy atom. The molecule has 10 nitrogen and oxygen atoms in total. The molecule has 0 aliphatic carbocycles. The zero-order valence-electron chi connectivity index (χ0n) is 16.3. The number of carbonyl (C=O) groups is 2. The first-order valence-corrected chi connectivity index (χ1v) is 10.3. The van der Waals surface area contributed by atoms with Gasteiger partial charge < -0.3 is 15.5 Å². The van der Waals surface area contributed by atoms with Gasteiger partial charge in [-0.15, -0.1) is 20.4 Å². The van der Waals surface area contributed by atoms with Crippen molar-refractivity contribution in [3.05, 3.63) is 47.2 Å². The molecule has 0 bridgehead atoms. The van der Waals surface area contributed by atoms with Crippen molar-refractivity contribution in [1.82, 2.24) is 25.4 Å². The highest BCUT2D eigenvalue weighted by Gasteiger charge is 2.28. The Morgan fingerprint density at radius 3 is 2.77 bits per heavy atom. The largest absolute Gasteiger partial charge is 0.354 e. The van der Waals surface area contributed by atoms with Crippen LogP contribution in [0.4, 0.5) is 16.8 Å². The summed E-state index contributed by atoms with van der Waals surface area (Å²) in [6, 6.07) is 9.03. The normalized spacial score (nSPS) is 15.8. The zero-order valence-corrected chi connectivity index (χ0v) is 17.1. The van der Waals surface area contributed by atoms with Crippen LogP contribution in [-0.4, -0.2) is 50.3 Å². The molecule has 1 atom stereocenters.